The molecule has 0 heterocycles. The van der Waals surface area contributed by atoms with Crippen LogP contribution in [0.2, 0.25) is 0 Å². The molecule has 0 atom stereocenters. The third kappa shape index (κ3) is 2.74. The molecular weight excluding hydrogens is 140 g/mol. The SMILES string of the molecule is [CH2]OC(=O)CC1=CCCCC1. The molecule has 0 amide bonds. The first-order valence-corrected chi connectivity index (χ1v) is 3.95. The highest BCUT2D eigenvalue weighted by Gasteiger charge is 2.08. The summed E-state index contributed by atoms with van der Waals surface area (Å²) in [4.78, 5) is 10.8. The van der Waals surface area contributed by atoms with Gasteiger partial charge >= 0.3 is 5.97 Å². The van der Waals surface area contributed by atoms with E-state index in [1.165, 1.54) is 18.4 Å². The number of hydrogen-bond donors (Lipinski definition) is 0. The van der Waals surface area contributed by atoms with Gasteiger partial charge in [-0.25, -0.2) is 0 Å². The van der Waals surface area contributed by atoms with E-state index in [0.29, 0.717) is 6.42 Å². The summed E-state index contributed by atoms with van der Waals surface area (Å²) < 4.78 is 4.32. The van der Waals surface area contributed by atoms with Crippen LogP contribution in [0.1, 0.15) is 32.1 Å². The number of esters is 1. The minimum absolute atomic E-state index is 0.224. The van der Waals surface area contributed by atoms with E-state index >= 15 is 0 Å². The molecule has 0 aromatic carbocycles. The van der Waals surface area contributed by atoms with Gasteiger partial charge in [0.15, 0.2) is 0 Å². The van der Waals surface area contributed by atoms with Gasteiger partial charge in [-0.05, 0) is 25.7 Å². The molecule has 0 aliphatic heterocycles. The first-order chi connectivity index (χ1) is 5.33. The molecule has 0 spiro atoms. The highest BCUT2D eigenvalue weighted by Crippen LogP contribution is 2.20. The summed E-state index contributed by atoms with van der Waals surface area (Å²) in [5.41, 5.74) is 1.21. The van der Waals surface area contributed by atoms with Crippen LogP contribution >= 0.6 is 0 Å². The lowest BCUT2D eigenvalue weighted by Gasteiger charge is -2.10. The largest absolute Gasteiger partial charge is 0.462 e. The quantitative estimate of drug-likeness (QED) is 0.449. The second kappa shape index (κ2) is 4.16. The summed E-state index contributed by atoms with van der Waals surface area (Å²) >= 11 is 0. The van der Waals surface area contributed by atoms with Crippen LogP contribution in [0.15, 0.2) is 11.6 Å². The third-order valence-electron chi connectivity index (χ3n) is 1.92. The van der Waals surface area contributed by atoms with Gasteiger partial charge in [0, 0.05) is 0 Å². The molecule has 11 heavy (non-hydrogen) atoms. The average Bonchev–Trinajstić information content (AvgIpc) is 2.06. The van der Waals surface area contributed by atoms with E-state index in [2.05, 4.69) is 17.9 Å². The zero-order chi connectivity index (χ0) is 8.10. The average molecular weight is 153 g/mol. The smallest absolute Gasteiger partial charge is 0.310 e. The number of carbonyl (C=O) groups excluding carboxylic acids is 1. The first kappa shape index (κ1) is 8.31. The fourth-order valence-electron chi connectivity index (χ4n) is 1.30. The molecule has 0 aromatic heterocycles. The van der Waals surface area contributed by atoms with Gasteiger partial charge in [-0.2, -0.15) is 0 Å². The Morgan fingerprint density at radius 1 is 1.64 bits per heavy atom. The van der Waals surface area contributed by atoms with Crippen LogP contribution in [0.4, 0.5) is 0 Å². The summed E-state index contributed by atoms with van der Waals surface area (Å²) in [6.07, 6.45) is 7.19. The molecule has 61 valence electrons. The van der Waals surface area contributed by atoms with Crippen LogP contribution in [0.5, 0.6) is 0 Å². The maximum Gasteiger partial charge on any atom is 0.310 e. The zero-order valence-electron chi connectivity index (χ0n) is 6.64. The molecule has 2 nitrogen and oxygen atoms in total. The Labute approximate surface area is 67.2 Å². The van der Waals surface area contributed by atoms with Gasteiger partial charge in [-0.1, -0.05) is 11.6 Å². The number of ether oxygens (including phenoxy) is 1. The molecule has 0 unspecified atom stereocenters. The highest BCUT2D eigenvalue weighted by atomic mass is 16.5. The Bertz CT molecular complexity index is 170. The van der Waals surface area contributed by atoms with Crippen molar-refractivity contribution in [3.05, 3.63) is 18.8 Å². The maximum absolute atomic E-state index is 10.8. The molecule has 1 aliphatic rings. The summed E-state index contributed by atoms with van der Waals surface area (Å²) in [5.74, 6) is -0.224. The lowest BCUT2D eigenvalue weighted by atomic mass is 9.97. The molecule has 0 bridgehead atoms. The van der Waals surface area contributed by atoms with Crippen molar-refractivity contribution in [3.63, 3.8) is 0 Å². The van der Waals surface area contributed by atoms with Crippen molar-refractivity contribution < 1.29 is 9.53 Å². The van der Waals surface area contributed by atoms with Crippen molar-refractivity contribution in [3.8, 4) is 0 Å². The molecule has 0 saturated heterocycles. The minimum Gasteiger partial charge on any atom is -0.462 e. The Balaban J connectivity index is 2.35. The van der Waals surface area contributed by atoms with Crippen molar-refractivity contribution >= 4 is 5.97 Å². The number of rotatable bonds is 2. The van der Waals surface area contributed by atoms with E-state index in [4.69, 9.17) is 0 Å². The molecule has 1 rings (SSSR count). The van der Waals surface area contributed by atoms with Crippen molar-refractivity contribution in [2.45, 2.75) is 32.1 Å². The zero-order valence-corrected chi connectivity index (χ0v) is 6.64. The predicted octanol–water partition coefficient (Wildman–Crippen LogP) is 2.21. The molecule has 0 N–H and O–H groups in total. The van der Waals surface area contributed by atoms with Crippen molar-refractivity contribution in [2.24, 2.45) is 0 Å². The van der Waals surface area contributed by atoms with Gasteiger partial charge in [0.1, 0.15) is 7.11 Å². The molecule has 0 saturated carbocycles. The minimum atomic E-state index is -0.224. The van der Waals surface area contributed by atoms with Gasteiger partial charge in [-0.15, -0.1) is 0 Å². The normalized spacial score (nSPS) is 17.4. The molecule has 1 radical (unpaired) electrons. The van der Waals surface area contributed by atoms with E-state index < -0.39 is 0 Å². The van der Waals surface area contributed by atoms with Gasteiger partial charge in [0.25, 0.3) is 0 Å². The first-order valence-electron chi connectivity index (χ1n) is 3.95. The van der Waals surface area contributed by atoms with Gasteiger partial charge in [0.05, 0.1) is 6.42 Å². The van der Waals surface area contributed by atoms with Crippen molar-refractivity contribution in [1.29, 1.82) is 0 Å². The van der Waals surface area contributed by atoms with Crippen LogP contribution in [-0.2, 0) is 9.53 Å². The van der Waals surface area contributed by atoms with E-state index in [9.17, 15) is 4.79 Å². The van der Waals surface area contributed by atoms with E-state index in [1.807, 2.05) is 0 Å². The van der Waals surface area contributed by atoms with Crippen molar-refractivity contribution in [1.82, 2.24) is 0 Å². The summed E-state index contributed by atoms with van der Waals surface area (Å²) in [6, 6.07) is 0. The van der Waals surface area contributed by atoms with Gasteiger partial charge in [0.2, 0.25) is 0 Å². The Kier molecular flexibility index (Phi) is 3.14. The van der Waals surface area contributed by atoms with Crippen LogP contribution < -0.4 is 0 Å². The van der Waals surface area contributed by atoms with Crippen LogP contribution in [-0.4, -0.2) is 5.97 Å². The maximum atomic E-state index is 10.8. The van der Waals surface area contributed by atoms with E-state index in [0.717, 1.165) is 12.8 Å². The Morgan fingerprint density at radius 2 is 2.45 bits per heavy atom. The van der Waals surface area contributed by atoms with Crippen LogP contribution in [0, 0.1) is 7.11 Å². The van der Waals surface area contributed by atoms with Gasteiger partial charge in [-0.3, -0.25) is 4.79 Å². The molecule has 0 aromatic rings. The number of hydrogen-bond acceptors (Lipinski definition) is 2. The molecule has 2 heteroatoms. The summed E-state index contributed by atoms with van der Waals surface area (Å²) in [7, 11) is 3.07. The Hall–Kier alpha value is -0.790. The number of allylic oxidation sites excluding steroid dienone is 1. The van der Waals surface area contributed by atoms with E-state index in [1.54, 1.807) is 0 Å². The topological polar surface area (TPSA) is 26.3 Å². The van der Waals surface area contributed by atoms with Crippen LogP contribution in [0.25, 0.3) is 0 Å². The fraction of sp³-hybridized carbons (Fsp3) is 0.556. The fourth-order valence-corrected chi connectivity index (χ4v) is 1.30. The lowest BCUT2D eigenvalue weighted by Crippen LogP contribution is -2.02. The monoisotopic (exact) mass is 153 g/mol. The standard InChI is InChI=1S/C9H13O2/c1-11-9(10)7-8-5-3-2-4-6-8/h5H,1-4,6-7H2. The number of carbonyl (C=O) groups is 1. The summed E-state index contributed by atoms with van der Waals surface area (Å²) in [6.45, 7) is 0. The second-order valence-corrected chi connectivity index (χ2v) is 2.80. The van der Waals surface area contributed by atoms with Gasteiger partial charge < -0.3 is 4.74 Å². The third-order valence-corrected chi connectivity index (χ3v) is 1.92. The highest BCUT2D eigenvalue weighted by molar-refractivity contribution is 5.72. The molecule has 0 fully saturated rings. The van der Waals surface area contributed by atoms with Crippen LogP contribution in [0.3, 0.4) is 0 Å². The lowest BCUT2D eigenvalue weighted by molar-refractivity contribution is -0.137. The molecule has 1 aliphatic carbocycles. The van der Waals surface area contributed by atoms with Crippen molar-refractivity contribution in [2.75, 3.05) is 0 Å². The Morgan fingerprint density at radius 3 is 3.00 bits per heavy atom. The summed E-state index contributed by atoms with van der Waals surface area (Å²) in [5, 5.41) is 0. The predicted molar refractivity (Wildman–Crippen MR) is 42.6 cm³/mol. The molecular formula is C9H13O2. The van der Waals surface area contributed by atoms with E-state index in [-0.39, 0.29) is 5.97 Å². The second-order valence-electron chi connectivity index (χ2n) is 2.80.